The van der Waals surface area contributed by atoms with Gasteiger partial charge in [0, 0.05) is 12.6 Å². The van der Waals surface area contributed by atoms with Crippen molar-refractivity contribution in [2.24, 2.45) is 11.8 Å². The van der Waals surface area contributed by atoms with Gasteiger partial charge in [-0.3, -0.25) is 0 Å². The van der Waals surface area contributed by atoms with Gasteiger partial charge in [-0.25, -0.2) is 13.1 Å². The highest BCUT2D eigenvalue weighted by molar-refractivity contribution is 7.89. The summed E-state index contributed by atoms with van der Waals surface area (Å²) in [6.07, 6.45) is 1.21. The van der Waals surface area contributed by atoms with Crippen LogP contribution in [-0.4, -0.2) is 28.1 Å². The molecule has 3 atom stereocenters. The Hall–Kier alpha value is -1.27. The summed E-state index contributed by atoms with van der Waals surface area (Å²) in [5.74, 6) is 1.20. The number of benzene rings is 1. The van der Waals surface area contributed by atoms with Gasteiger partial charge in [0.1, 0.15) is 0 Å². The zero-order valence-electron chi connectivity index (χ0n) is 13.1. The maximum atomic E-state index is 11.8. The molecule has 2 rings (SSSR count). The highest BCUT2D eigenvalue weighted by Gasteiger charge is 2.30. The van der Waals surface area contributed by atoms with Crippen LogP contribution in [0.3, 0.4) is 0 Å². The molecule has 0 amide bonds. The van der Waals surface area contributed by atoms with Crippen LogP contribution in [0.4, 0.5) is 11.4 Å². The number of anilines is 2. The SMILES string of the molecule is CNS(=O)(=O)c1ccc(N2CC(C)CC(C)C2C)c(N)c1. The lowest BCUT2D eigenvalue weighted by Crippen LogP contribution is -2.46. The summed E-state index contributed by atoms with van der Waals surface area (Å²) in [4.78, 5) is 2.50. The van der Waals surface area contributed by atoms with E-state index in [0.717, 1.165) is 12.2 Å². The van der Waals surface area contributed by atoms with E-state index in [2.05, 4.69) is 30.4 Å². The van der Waals surface area contributed by atoms with Crippen molar-refractivity contribution in [3.05, 3.63) is 18.2 Å². The van der Waals surface area contributed by atoms with E-state index >= 15 is 0 Å². The lowest BCUT2D eigenvalue weighted by atomic mass is 9.85. The van der Waals surface area contributed by atoms with E-state index in [1.54, 1.807) is 6.07 Å². The molecule has 1 heterocycles. The van der Waals surface area contributed by atoms with Gasteiger partial charge >= 0.3 is 0 Å². The van der Waals surface area contributed by atoms with E-state index in [4.69, 9.17) is 5.73 Å². The van der Waals surface area contributed by atoms with Crippen LogP contribution in [0.2, 0.25) is 0 Å². The number of piperidine rings is 1. The van der Waals surface area contributed by atoms with Gasteiger partial charge in [0.15, 0.2) is 0 Å². The molecule has 1 aromatic rings. The molecular formula is C15H25N3O2S. The molecule has 0 bridgehead atoms. The van der Waals surface area contributed by atoms with Crippen LogP contribution < -0.4 is 15.4 Å². The van der Waals surface area contributed by atoms with Crippen molar-refractivity contribution >= 4 is 21.4 Å². The molecule has 0 saturated carbocycles. The fourth-order valence-corrected chi connectivity index (χ4v) is 3.88. The number of rotatable bonds is 3. The average molecular weight is 311 g/mol. The summed E-state index contributed by atoms with van der Waals surface area (Å²) < 4.78 is 26.0. The fraction of sp³-hybridized carbons (Fsp3) is 0.600. The third-order valence-electron chi connectivity index (χ3n) is 4.49. The molecule has 0 spiro atoms. The normalized spacial score (nSPS) is 26.9. The van der Waals surface area contributed by atoms with Gasteiger partial charge in [-0.1, -0.05) is 13.8 Å². The van der Waals surface area contributed by atoms with E-state index in [0.29, 0.717) is 23.6 Å². The third kappa shape index (κ3) is 3.16. The monoisotopic (exact) mass is 311 g/mol. The van der Waals surface area contributed by atoms with Crippen molar-refractivity contribution in [2.45, 2.75) is 38.1 Å². The van der Waals surface area contributed by atoms with Crippen LogP contribution in [0.1, 0.15) is 27.2 Å². The van der Waals surface area contributed by atoms with Gasteiger partial charge in [0.25, 0.3) is 0 Å². The first-order valence-electron chi connectivity index (χ1n) is 7.36. The van der Waals surface area contributed by atoms with Crippen molar-refractivity contribution in [1.29, 1.82) is 0 Å². The first-order valence-corrected chi connectivity index (χ1v) is 8.84. The van der Waals surface area contributed by atoms with Crippen LogP contribution in [-0.2, 0) is 10.0 Å². The van der Waals surface area contributed by atoms with Crippen molar-refractivity contribution in [3.63, 3.8) is 0 Å². The molecule has 1 aromatic carbocycles. The number of hydrogen-bond acceptors (Lipinski definition) is 4. The predicted octanol–water partition coefficient (Wildman–Crippen LogP) is 2.05. The summed E-state index contributed by atoms with van der Waals surface area (Å²) in [5.41, 5.74) is 7.56. The lowest BCUT2D eigenvalue weighted by Gasteiger charge is -2.43. The molecule has 5 nitrogen and oxygen atoms in total. The molecule has 1 aliphatic rings. The molecule has 0 radical (unpaired) electrons. The van der Waals surface area contributed by atoms with Crippen molar-refractivity contribution in [3.8, 4) is 0 Å². The topological polar surface area (TPSA) is 75.4 Å². The highest BCUT2D eigenvalue weighted by Crippen LogP contribution is 2.35. The summed E-state index contributed by atoms with van der Waals surface area (Å²) in [6, 6.07) is 5.38. The largest absolute Gasteiger partial charge is 0.397 e. The quantitative estimate of drug-likeness (QED) is 0.838. The zero-order valence-corrected chi connectivity index (χ0v) is 13.9. The molecule has 1 aliphatic heterocycles. The smallest absolute Gasteiger partial charge is 0.240 e. The number of nitrogens with one attached hydrogen (secondary N) is 1. The number of hydrogen-bond donors (Lipinski definition) is 2. The first kappa shape index (κ1) is 16.1. The molecule has 0 aliphatic carbocycles. The van der Waals surface area contributed by atoms with Gasteiger partial charge in [-0.2, -0.15) is 0 Å². The second-order valence-corrected chi connectivity index (χ2v) is 8.03. The maximum absolute atomic E-state index is 11.8. The van der Waals surface area contributed by atoms with Gasteiger partial charge in [-0.15, -0.1) is 0 Å². The second-order valence-electron chi connectivity index (χ2n) is 6.14. The predicted molar refractivity (Wildman–Crippen MR) is 86.9 cm³/mol. The van der Waals surface area contributed by atoms with Crippen LogP contribution >= 0.6 is 0 Å². The molecule has 21 heavy (non-hydrogen) atoms. The van der Waals surface area contributed by atoms with Gasteiger partial charge in [-0.05, 0) is 50.4 Å². The lowest BCUT2D eigenvalue weighted by molar-refractivity contribution is 0.297. The van der Waals surface area contributed by atoms with E-state index < -0.39 is 10.0 Å². The molecular weight excluding hydrogens is 286 g/mol. The minimum atomic E-state index is -3.45. The number of nitrogens with two attached hydrogens (primary N) is 1. The Morgan fingerprint density at radius 2 is 1.95 bits per heavy atom. The van der Waals surface area contributed by atoms with E-state index in [1.165, 1.54) is 19.5 Å². The minimum Gasteiger partial charge on any atom is -0.397 e. The zero-order chi connectivity index (χ0) is 15.8. The Balaban J connectivity index is 2.37. The van der Waals surface area contributed by atoms with E-state index in [-0.39, 0.29) is 4.90 Å². The minimum absolute atomic E-state index is 0.206. The summed E-state index contributed by atoms with van der Waals surface area (Å²) in [5, 5.41) is 0. The molecule has 1 fully saturated rings. The average Bonchev–Trinajstić information content (AvgIpc) is 2.43. The molecule has 0 aromatic heterocycles. The fourth-order valence-electron chi connectivity index (χ4n) is 3.11. The molecule has 6 heteroatoms. The molecule has 1 saturated heterocycles. The Morgan fingerprint density at radius 3 is 2.52 bits per heavy atom. The van der Waals surface area contributed by atoms with Crippen LogP contribution in [0.15, 0.2) is 23.1 Å². The first-order chi connectivity index (χ1) is 9.76. The molecule has 3 N–H and O–H groups in total. The highest BCUT2D eigenvalue weighted by atomic mass is 32.2. The number of nitrogen functional groups attached to an aromatic ring is 1. The maximum Gasteiger partial charge on any atom is 0.240 e. The van der Waals surface area contributed by atoms with Gasteiger partial charge in [0.2, 0.25) is 10.0 Å². The molecule has 118 valence electrons. The van der Waals surface area contributed by atoms with Crippen LogP contribution in [0.25, 0.3) is 0 Å². The Kier molecular flexibility index (Phi) is 4.49. The van der Waals surface area contributed by atoms with Crippen LogP contribution in [0.5, 0.6) is 0 Å². The second kappa shape index (κ2) is 5.85. The van der Waals surface area contributed by atoms with Crippen molar-refractivity contribution < 1.29 is 8.42 Å². The van der Waals surface area contributed by atoms with Crippen molar-refractivity contribution in [1.82, 2.24) is 4.72 Å². The summed E-state index contributed by atoms with van der Waals surface area (Å²) in [7, 11) is -2.05. The van der Waals surface area contributed by atoms with Crippen molar-refractivity contribution in [2.75, 3.05) is 24.2 Å². The van der Waals surface area contributed by atoms with Gasteiger partial charge in [0.05, 0.1) is 16.3 Å². The number of sulfonamides is 1. The third-order valence-corrected chi connectivity index (χ3v) is 5.90. The standard InChI is InChI=1S/C15H25N3O2S/c1-10-7-11(2)12(3)18(9-10)15-6-5-13(8-14(15)16)21(19,20)17-4/h5-6,8,10-12,17H,7,9,16H2,1-4H3. The molecule has 3 unspecified atom stereocenters. The Labute approximate surface area is 127 Å². The summed E-state index contributed by atoms with van der Waals surface area (Å²) in [6.45, 7) is 7.65. The Morgan fingerprint density at radius 1 is 1.29 bits per heavy atom. The number of nitrogens with zero attached hydrogens (tertiary/aromatic N) is 1. The van der Waals surface area contributed by atoms with Crippen LogP contribution in [0, 0.1) is 11.8 Å². The summed E-state index contributed by atoms with van der Waals surface area (Å²) >= 11 is 0. The van der Waals surface area contributed by atoms with E-state index in [9.17, 15) is 8.42 Å². The van der Waals surface area contributed by atoms with E-state index in [1.807, 2.05) is 6.07 Å². The van der Waals surface area contributed by atoms with Gasteiger partial charge < -0.3 is 10.6 Å². The Bertz CT molecular complexity index is 615.